The summed E-state index contributed by atoms with van der Waals surface area (Å²) < 4.78 is 27.7. The lowest BCUT2D eigenvalue weighted by molar-refractivity contribution is 0.475. The average molecular weight is 376 g/mol. The molecule has 0 unspecified atom stereocenters. The molecule has 108 valence electrons. The van der Waals surface area contributed by atoms with Crippen molar-refractivity contribution in [3.8, 4) is 5.75 Å². The first kappa shape index (κ1) is 15.3. The van der Waals surface area contributed by atoms with E-state index in [1.54, 1.807) is 25.1 Å². The van der Waals surface area contributed by atoms with Gasteiger partial charge in [-0.05, 0) is 53.5 Å². The number of hydrogen-bond acceptors (Lipinski definition) is 4. The second kappa shape index (κ2) is 5.75. The third kappa shape index (κ3) is 2.84. The van der Waals surface area contributed by atoms with Crippen molar-refractivity contribution >= 4 is 43.0 Å². The highest BCUT2D eigenvalue weighted by Crippen LogP contribution is 2.34. The van der Waals surface area contributed by atoms with Crippen LogP contribution in [-0.2, 0) is 10.0 Å². The summed E-state index contributed by atoms with van der Waals surface area (Å²) in [6.45, 7) is 3.90. The Balaban J connectivity index is 2.50. The van der Waals surface area contributed by atoms with Gasteiger partial charge in [0.25, 0.3) is 10.0 Å². The summed E-state index contributed by atoms with van der Waals surface area (Å²) in [6.07, 6.45) is 0. The predicted molar refractivity (Wildman–Crippen MR) is 85.1 cm³/mol. The first-order chi connectivity index (χ1) is 9.36. The topological polar surface area (TPSA) is 57.6 Å². The van der Waals surface area contributed by atoms with Crippen LogP contribution in [0.5, 0.6) is 5.75 Å². The minimum Gasteiger partial charge on any atom is -0.508 e. The maximum absolute atomic E-state index is 12.7. The zero-order valence-corrected chi connectivity index (χ0v) is 14.2. The Hall–Kier alpha value is -1.05. The zero-order valence-electron chi connectivity index (χ0n) is 11.0. The summed E-state index contributed by atoms with van der Waals surface area (Å²) in [5.41, 5.74) is 1.34. The number of phenolic OH excluding ortho intramolecular Hbond substituents is 1. The Morgan fingerprint density at radius 3 is 2.55 bits per heavy atom. The number of halogens is 1. The number of sulfonamides is 1. The van der Waals surface area contributed by atoms with Gasteiger partial charge >= 0.3 is 0 Å². The van der Waals surface area contributed by atoms with Crippen LogP contribution in [0, 0.1) is 6.92 Å². The Labute approximate surface area is 130 Å². The highest BCUT2D eigenvalue weighted by Gasteiger charge is 2.26. The largest absolute Gasteiger partial charge is 0.508 e. The van der Waals surface area contributed by atoms with E-state index in [0.29, 0.717) is 12.2 Å². The van der Waals surface area contributed by atoms with Gasteiger partial charge in [-0.25, -0.2) is 8.42 Å². The fourth-order valence-electron chi connectivity index (χ4n) is 1.81. The van der Waals surface area contributed by atoms with E-state index in [1.165, 1.54) is 27.8 Å². The number of benzene rings is 1. The molecule has 0 radical (unpaired) electrons. The fraction of sp³-hybridized carbons (Fsp3) is 0.231. The van der Waals surface area contributed by atoms with Gasteiger partial charge in [-0.2, -0.15) is 0 Å². The van der Waals surface area contributed by atoms with Crippen molar-refractivity contribution in [3.63, 3.8) is 0 Å². The number of anilines is 1. The van der Waals surface area contributed by atoms with Crippen molar-refractivity contribution in [2.75, 3.05) is 10.8 Å². The molecule has 1 aromatic heterocycles. The molecule has 0 saturated heterocycles. The minimum absolute atomic E-state index is 0.0414. The molecule has 20 heavy (non-hydrogen) atoms. The standard InChI is InChI=1S/C13H14BrNO3S2/c1-3-15(10-5-4-6-11(16)8-10)20(17,18)12-7-9(2)13(14)19-12/h4-8,16H,3H2,1-2H3. The van der Waals surface area contributed by atoms with Crippen LogP contribution in [0.2, 0.25) is 0 Å². The predicted octanol–water partition coefficient (Wildman–Crippen LogP) is 3.74. The molecule has 1 aromatic carbocycles. The highest BCUT2D eigenvalue weighted by molar-refractivity contribution is 9.11. The first-order valence-corrected chi connectivity index (χ1v) is 8.99. The summed E-state index contributed by atoms with van der Waals surface area (Å²) in [5, 5.41) is 9.52. The normalized spacial score (nSPS) is 11.6. The molecule has 4 nitrogen and oxygen atoms in total. The van der Waals surface area contributed by atoms with Crippen LogP contribution < -0.4 is 4.31 Å². The van der Waals surface area contributed by atoms with Crippen molar-refractivity contribution in [2.24, 2.45) is 0 Å². The van der Waals surface area contributed by atoms with Crippen LogP contribution in [0.15, 0.2) is 38.3 Å². The second-order valence-corrected chi connectivity index (χ2v) is 8.67. The van der Waals surface area contributed by atoms with E-state index < -0.39 is 10.0 Å². The lowest BCUT2D eigenvalue weighted by Gasteiger charge is -2.22. The van der Waals surface area contributed by atoms with Crippen molar-refractivity contribution in [1.29, 1.82) is 0 Å². The molecule has 1 N–H and O–H groups in total. The number of aryl methyl sites for hydroxylation is 1. The highest BCUT2D eigenvalue weighted by atomic mass is 79.9. The maximum Gasteiger partial charge on any atom is 0.273 e. The van der Waals surface area contributed by atoms with Crippen LogP contribution in [-0.4, -0.2) is 20.1 Å². The molecular weight excluding hydrogens is 362 g/mol. The molecule has 0 fully saturated rings. The fourth-order valence-corrected chi connectivity index (χ4v) is 5.61. The SMILES string of the molecule is CCN(c1cccc(O)c1)S(=O)(=O)c1cc(C)c(Br)s1. The molecule has 0 amide bonds. The van der Waals surface area contributed by atoms with Crippen molar-refractivity contribution in [1.82, 2.24) is 0 Å². The maximum atomic E-state index is 12.7. The van der Waals surface area contributed by atoms with Gasteiger partial charge in [0.05, 0.1) is 9.47 Å². The monoisotopic (exact) mass is 375 g/mol. The van der Waals surface area contributed by atoms with Gasteiger partial charge in [-0.1, -0.05) is 6.07 Å². The van der Waals surface area contributed by atoms with Crippen LogP contribution >= 0.6 is 27.3 Å². The molecule has 0 spiro atoms. The Bertz CT molecular complexity index is 705. The van der Waals surface area contributed by atoms with Gasteiger partial charge in [0.15, 0.2) is 0 Å². The second-order valence-electron chi connectivity index (χ2n) is 4.21. The number of thiophene rings is 1. The lowest BCUT2D eigenvalue weighted by Crippen LogP contribution is -2.30. The van der Waals surface area contributed by atoms with Gasteiger partial charge < -0.3 is 5.11 Å². The van der Waals surface area contributed by atoms with Crippen LogP contribution in [0.4, 0.5) is 5.69 Å². The summed E-state index contributed by atoms with van der Waals surface area (Å²) in [5.74, 6) is 0.0414. The molecule has 2 aromatic rings. The number of hydrogen-bond donors (Lipinski definition) is 1. The summed E-state index contributed by atoms with van der Waals surface area (Å²) >= 11 is 4.53. The van der Waals surface area contributed by atoms with E-state index in [9.17, 15) is 13.5 Å². The summed E-state index contributed by atoms with van der Waals surface area (Å²) in [6, 6.07) is 7.89. The summed E-state index contributed by atoms with van der Waals surface area (Å²) in [4.78, 5) is 0. The van der Waals surface area contributed by atoms with Gasteiger partial charge in [0, 0.05) is 12.6 Å². The molecule has 0 bridgehead atoms. The molecule has 7 heteroatoms. The molecule has 0 aliphatic heterocycles. The molecule has 0 saturated carbocycles. The minimum atomic E-state index is -3.61. The van der Waals surface area contributed by atoms with E-state index in [4.69, 9.17) is 0 Å². The van der Waals surface area contributed by atoms with Gasteiger partial charge in [0.1, 0.15) is 9.96 Å². The number of aromatic hydroxyl groups is 1. The van der Waals surface area contributed by atoms with E-state index >= 15 is 0 Å². The van der Waals surface area contributed by atoms with Crippen molar-refractivity contribution in [3.05, 3.63) is 39.7 Å². The van der Waals surface area contributed by atoms with E-state index in [0.717, 1.165) is 9.35 Å². The third-order valence-corrected chi connectivity index (χ3v) is 7.27. The average Bonchev–Trinajstić information content (AvgIpc) is 2.71. The quantitative estimate of drug-likeness (QED) is 0.885. The first-order valence-electron chi connectivity index (χ1n) is 5.94. The third-order valence-electron chi connectivity index (χ3n) is 2.78. The van der Waals surface area contributed by atoms with Crippen LogP contribution in [0.25, 0.3) is 0 Å². The number of phenols is 1. The van der Waals surface area contributed by atoms with E-state index in [-0.39, 0.29) is 9.96 Å². The Morgan fingerprint density at radius 1 is 1.35 bits per heavy atom. The zero-order chi connectivity index (χ0) is 14.9. The van der Waals surface area contributed by atoms with Crippen molar-refractivity contribution < 1.29 is 13.5 Å². The molecule has 0 aliphatic carbocycles. The van der Waals surface area contributed by atoms with E-state index in [1.807, 2.05) is 6.92 Å². The molecule has 2 rings (SSSR count). The number of rotatable bonds is 4. The number of nitrogens with zero attached hydrogens (tertiary/aromatic N) is 1. The van der Waals surface area contributed by atoms with Crippen LogP contribution in [0.3, 0.4) is 0 Å². The smallest absolute Gasteiger partial charge is 0.273 e. The van der Waals surface area contributed by atoms with Gasteiger partial charge in [-0.3, -0.25) is 4.31 Å². The Morgan fingerprint density at radius 2 is 2.05 bits per heavy atom. The summed E-state index contributed by atoms with van der Waals surface area (Å²) in [7, 11) is -3.61. The van der Waals surface area contributed by atoms with E-state index in [2.05, 4.69) is 15.9 Å². The Kier molecular flexibility index (Phi) is 4.41. The molecule has 1 heterocycles. The van der Waals surface area contributed by atoms with Gasteiger partial charge in [0.2, 0.25) is 0 Å². The lowest BCUT2D eigenvalue weighted by atomic mass is 10.3. The molecule has 0 aliphatic rings. The molecule has 0 atom stereocenters. The van der Waals surface area contributed by atoms with Crippen LogP contribution in [0.1, 0.15) is 12.5 Å². The van der Waals surface area contributed by atoms with Crippen molar-refractivity contribution in [2.45, 2.75) is 18.1 Å². The van der Waals surface area contributed by atoms with Gasteiger partial charge in [-0.15, -0.1) is 11.3 Å². The molecular formula is C13H14BrNO3S2.